The molecule has 0 spiro atoms. The topological polar surface area (TPSA) is 84.9 Å². The summed E-state index contributed by atoms with van der Waals surface area (Å²) in [5, 5.41) is 2.56. The molecule has 4 aromatic carbocycles. The molecule has 7 nitrogen and oxygen atoms in total. The van der Waals surface area contributed by atoms with Crippen LogP contribution in [-0.4, -0.2) is 17.8 Å². The Morgan fingerprint density at radius 2 is 1.45 bits per heavy atom. The van der Waals surface area contributed by atoms with Crippen LogP contribution in [0.15, 0.2) is 90.5 Å². The predicted molar refractivity (Wildman–Crippen MR) is 163 cm³/mol. The van der Waals surface area contributed by atoms with Crippen molar-refractivity contribution in [2.75, 3.05) is 4.90 Å². The minimum Gasteiger partial charge on any atom is -0.489 e. The Kier molecular flexibility index (Phi) is 8.41. The highest BCUT2D eigenvalue weighted by molar-refractivity contribution is 6.39. The molecule has 0 radical (unpaired) electrons. The Hall–Kier alpha value is -4.88. The summed E-state index contributed by atoms with van der Waals surface area (Å²) in [5.74, 6) is -0.489. The van der Waals surface area contributed by atoms with Gasteiger partial charge >= 0.3 is 6.03 Å². The summed E-state index contributed by atoms with van der Waals surface area (Å²) in [6.45, 7) is 6.83. The average Bonchev–Trinajstić information content (AvgIpc) is 2.97. The number of urea groups is 1. The van der Waals surface area contributed by atoms with Gasteiger partial charge in [-0.2, -0.15) is 0 Å². The van der Waals surface area contributed by atoms with E-state index in [-0.39, 0.29) is 5.57 Å². The van der Waals surface area contributed by atoms with Crippen LogP contribution in [0.1, 0.15) is 33.4 Å². The Labute approximate surface area is 249 Å². The second kappa shape index (κ2) is 12.3. The van der Waals surface area contributed by atoms with Crippen LogP contribution < -0.4 is 19.7 Å². The molecule has 1 fully saturated rings. The fourth-order valence-electron chi connectivity index (χ4n) is 4.38. The van der Waals surface area contributed by atoms with E-state index in [4.69, 9.17) is 21.1 Å². The van der Waals surface area contributed by atoms with Gasteiger partial charge in [0.25, 0.3) is 11.8 Å². The van der Waals surface area contributed by atoms with Crippen molar-refractivity contribution in [1.29, 1.82) is 0 Å². The maximum absolute atomic E-state index is 13.3. The number of hydrogen-bond donors (Lipinski definition) is 1. The van der Waals surface area contributed by atoms with Crippen molar-refractivity contribution < 1.29 is 23.9 Å². The summed E-state index contributed by atoms with van der Waals surface area (Å²) >= 11 is 6.46. The lowest BCUT2D eigenvalue weighted by molar-refractivity contribution is -0.122. The average molecular weight is 581 g/mol. The van der Waals surface area contributed by atoms with Gasteiger partial charge in [0, 0.05) is 0 Å². The molecule has 0 aliphatic carbocycles. The lowest BCUT2D eigenvalue weighted by Gasteiger charge is -2.26. The highest BCUT2D eigenvalue weighted by Gasteiger charge is 2.36. The number of aryl methyl sites for hydroxylation is 3. The highest BCUT2D eigenvalue weighted by atomic mass is 35.5. The zero-order valence-electron chi connectivity index (χ0n) is 23.4. The number of amides is 4. The monoisotopic (exact) mass is 580 g/mol. The fraction of sp³-hybridized carbons (Fsp3) is 0.147. The molecule has 1 heterocycles. The zero-order valence-corrected chi connectivity index (χ0v) is 24.2. The predicted octanol–water partition coefficient (Wildman–Crippen LogP) is 7.09. The van der Waals surface area contributed by atoms with Crippen LogP contribution >= 0.6 is 11.6 Å². The molecule has 0 bridgehead atoms. The van der Waals surface area contributed by atoms with E-state index in [0.29, 0.717) is 41.0 Å². The number of benzene rings is 4. The van der Waals surface area contributed by atoms with Crippen LogP contribution in [0.2, 0.25) is 5.02 Å². The third-order valence-corrected chi connectivity index (χ3v) is 7.25. The smallest absolute Gasteiger partial charge is 0.335 e. The minimum absolute atomic E-state index is 0.200. The maximum atomic E-state index is 13.3. The van der Waals surface area contributed by atoms with Gasteiger partial charge in [0.1, 0.15) is 30.3 Å². The van der Waals surface area contributed by atoms with Gasteiger partial charge in [0.2, 0.25) is 0 Å². The summed E-state index contributed by atoms with van der Waals surface area (Å²) in [6.07, 6.45) is 1.40. The van der Waals surface area contributed by atoms with Crippen molar-refractivity contribution in [3.8, 4) is 11.5 Å². The van der Waals surface area contributed by atoms with Gasteiger partial charge in [-0.05, 0) is 91.1 Å². The number of carbonyl (C=O) groups is 3. The molecule has 1 saturated heterocycles. The first-order valence-corrected chi connectivity index (χ1v) is 13.7. The molecule has 1 N–H and O–H groups in total. The van der Waals surface area contributed by atoms with Crippen LogP contribution in [0.4, 0.5) is 10.5 Å². The van der Waals surface area contributed by atoms with Crippen LogP contribution in [0.25, 0.3) is 6.08 Å². The number of nitrogens with one attached hydrogen (secondary N) is 1. The van der Waals surface area contributed by atoms with Crippen molar-refractivity contribution in [2.24, 2.45) is 0 Å². The summed E-state index contributed by atoms with van der Waals surface area (Å²) < 4.78 is 11.7. The van der Waals surface area contributed by atoms with Gasteiger partial charge < -0.3 is 9.47 Å². The number of imide groups is 2. The van der Waals surface area contributed by atoms with E-state index < -0.39 is 17.8 Å². The minimum atomic E-state index is -0.830. The van der Waals surface area contributed by atoms with Crippen LogP contribution in [-0.2, 0) is 22.8 Å². The highest BCUT2D eigenvalue weighted by Crippen LogP contribution is 2.29. The van der Waals surface area contributed by atoms with Crippen molar-refractivity contribution in [1.82, 2.24) is 5.32 Å². The molecule has 4 amide bonds. The van der Waals surface area contributed by atoms with E-state index >= 15 is 0 Å². The zero-order chi connectivity index (χ0) is 29.8. The number of hydrogen-bond acceptors (Lipinski definition) is 5. The van der Waals surface area contributed by atoms with Crippen LogP contribution in [0.5, 0.6) is 11.5 Å². The second-order valence-electron chi connectivity index (χ2n) is 10.1. The summed E-state index contributed by atoms with van der Waals surface area (Å²) in [4.78, 5) is 39.5. The maximum Gasteiger partial charge on any atom is 0.335 e. The van der Waals surface area contributed by atoms with Gasteiger partial charge in [0.15, 0.2) is 0 Å². The standard InChI is InChI=1S/C34H29ClN2O5/c1-21-4-7-24(8-5-21)19-41-28-13-11-27(12-14-28)37-33(39)29(32(38)36-34(37)40)17-25-10-15-31(30(35)18-25)42-20-26-9-6-22(2)23(3)16-26/h4-18H,19-20H2,1-3H3,(H,36,38,40)/b29-17+. The first kappa shape index (κ1) is 28.6. The Morgan fingerprint density at radius 3 is 2.14 bits per heavy atom. The molecule has 0 atom stereocenters. The first-order valence-electron chi connectivity index (χ1n) is 13.4. The molecule has 0 unspecified atom stereocenters. The third-order valence-electron chi connectivity index (χ3n) is 6.96. The third kappa shape index (κ3) is 6.53. The molecule has 1 aliphatic heterocycles. The first-order chi connectivity index (χ1) is 20.2. The fourth-order valence-corrected chi connectivity index (χ4v) is 4.62. The summed E-state index contributed by atoms with van der Waals surface area (Å²) in [7, 11) is 0. The molecular formula is C34H29ClN2O5. The lowest BCUT2D eigenvalue weighted by Crippen LogP contribution is -2.54. The number of nitrogens with zero attached hydrogens (tertiary/aromatic N) is 1. The molecule has 212 valence electrons. The van der Waals surface area contributed by atoms with Crippen molar-refractivity contribution in [3.63, 3.8) is 0 Å². The van der Waals surface area contributed by atoms with E-state index in [2.05, 4.69) is 18.3 Å². The van der Waals surface area contributed by atoms with Gasteiger partial charge in [-0.25, -0.2) is 9.69 Å². The molecule has 0 aromatic heterocycles. The van der Waals surface area contributed by atoms with E-state index in [9.17, 15) is 14.4 Å². The number of ether oxygens (including phenoxy) is 2. The molecule has 42 heavy (non-hydrogen) atoms. The second-order valence-corrected chi connectivity index (χ2v) is 10.5. The van der Waals surface area contributed by atoms with E-state index in [0.717, 1.165) is 21.6 Å². The van der Waals surface area contributed by atoms with Gasteiger partial charge in [-0.3, -0.25) is 14.9 Å². The Morgan fingerprint density at radius 1 is 0.762 bits per heavy atom. The molecule has 0 saturated carbocycles. The number of barbiturate groups is 1. The molecule has 4 aromatic rings. The lowest BCUT2D eigenvalue weighted by atomic mass is 10.1. The number of halogens is 1. The summed E-state index contributed by atoms with van der Waals surface area (Å²) in [5.41, 5.74) is 6.18. The quantitative estimate of drug-likeness (QED) is 0.178. The largest absolute Gasteiger partial charge is 0.489 e. The van der Waals surface area contributed by atoms with Crippen LogP contribution in [0.3, 0.4) is 0 Å². The Bertz CT molecular complexity index is 1690. The van der Waals surface area contributed by atoms with E-state index in [1.807, 2.05) is 50.2 Å². The van der Waals surface area contributed by atoms with Crippen LogP contribution in [0, 0.1) is 20.8 Å². The van der Waals surface area contributed by atoms with Crippen molar-refractivity contribution in [3.05, 3.63) is 129 Å². The van der Waals surface area contributed by atoms with Crippen molar-refractivity contribution in [2.45, 2.75) is 34.0 Å². The number of rotatable bonds is 8. The van der Waals surface area contributed by atoms with Gasteiger partial charge in [-0.15, -0.1) is 0 Å². The summed E-state index contributed by atoms with van der Waals surface area (Å²) in [6, 6.07) is 24.8. The molecule has 5 rings (SSSR count). The van der Waals surface area contributed by atoms with E-state index in [1.54, 1.807) is 42.5 Å². The molecule has 1 aliphatic rings. The SMILES string of the molecule is Cc1ccc(COc2ccc(N3C(=O)NC(=O)/C(=C\c4ccc(OCc5ccc(C)c(C)c5)c(Cl)c4)C3=O)cc2)cc1. The van der Waals surface area contributed by atoms with Crippen molar-refractivity contribution >= 4 is 41.2 Å². The number of carbonyl (C=O) groups excluding carboxylic acids is 3. The van der Waals surface area contributed by atoms with E-state index in [1.165, 1.54) is 17.2 Å². The molecule has 8 heteroatoms. The van der Waals surface area contributed by atoms with Gasteiger partial charge in [0.05, 0.1) is 10.7 Å². The normalized spacial score (nSPS) is 14.2. The Balaban J connectivity index is 1.28. The molecular weight excluding hydrogens is 552 g/mol. The van der Waals surface area contributed by atoms with Gasteiger partial charge in [-0.1, -0.05) is 65.7 Å². The number of anilines is 1.